The van der Waals surface area contributed by atoms with Gasteiger partial charge in [0, 0.05) is 0 Å². The Morgan fingerprint density at radius 1 is 0.180 bits per heavy atom. The Bertz CT molecular complexity index is 1160. The van der Waals surface area contributed by atoms with E-state index < -0.39 is 0 Å². The van der Waals surface area contributed by atoms with Gasteiger partial charge in [-0.15, -0.1) is 0 Å². The van der Waals surface area contributed by atoms with Crippen molar-refractivity contribution in [1.29, 1.82) is 0 Å². The van der Waals surface area contributed by atoms with Crippen molar-refractivity contribution in [2.24, 2.45) is 81.2 Å². The van der Waals surface area contributed by atoms with Gasteiger partial charge in [-0.1, -0.05) is 260 Å². The minimum atomic E-state index is 0.375. The molecule has 0 nitrogen and oxygen atoms in total. The van der Waals surface area contributed by atoms with E-state index in [9.17, 15) is 0 Å². The predicted octanol–water partition coefficient (Wildman–Crippen LogP) is 21.9. The molecule has 4 aliphatic rings. The van der Waals surface area contributed by atoms with Crippen LogP contribution in [0.2, 0.25) is 0 Å². The summed E-state index contributed by atoms with van der Waals surface area (Å²) in [5, 5.41) is 0. The molecule has 4 fully saturated rings. The summed E-state index contributed by atoms with van der Waals surface area (Å²) < 4.78 is 0. The molecule has 0 aliphatic heterocycles. The third-order valence-electron chi connectivity index (χ3n) is 20.4. The van der Waals surface area contributed by atoms with Crippen LogP contribution in [0.4, 0.5) is 0 Å². The van der Waals surface area contributed by atoms with E-state index in [-0.39, 0.29) is 0 Å². The van der Waals surface area contributed by atoms with Gasteiger partial charge in [-0.25, -0.2) is 0 Å². The number of hydrogen-bond donors (Lipinski definition) is 0. The largest absolute Gasteiger partial charge is 0.0596 e. The van der Waals surface area contributed by atoms with Gasteiger partial charge in [0.05, 0.1) is 0 Å². The summed E-state index contributed by atoms with van der Waals surface area (Å²) in [5.41, 5.74) is 7.24. The molecule has 0 atom stereocenters. The van der Waals surface area contributed by atoms with E-state index >= 15 is 0 Å². The maximum atomic E-state index is 2.43. The minimum absolute atomic E-state index is 0.375. The van der Waals surface area contributed by atoms with Gasteiger partial charge in [0.1, 0.15) is 0 Å². The Morgan fingerprint density at radius 2 is 0.328 bits per heavy atom. The summed E-state index contributed by atoms with van der Waals surface area (Å²) in [6, 6.07) is 0. The monoisotopic (exact) mass is 857 g/mol. The zero-order valence-electron chi connectivity index (χ0n) is 49.4. The molecule has 0 radical (unpaired) electrons. The number of hydrogen-bond acceptors (Lipinski definition) is 0. The minimum Gasteiger partial charge on any atom is -0.0596 e. The molecule has 0 amide bonds. The fourth-order valence-corrected chi connectivity index (χ4v) is 14.4. The van der Waals surface area contributed by atoms with Crippen molar-refractivity contribution in [1.82, 2.24) is 0 Å². The molecule has 0 spiro atoms. The summed E-state index contributed by atoms with van der Waals surface area (Å²) in [4.78, 5) is 0. The van der Waals surface area contributed by atoms with Crippen LogP contribution in [0.15, 0.2) is 0 Å². The van der Waals surface area contributed by atoms with Crippen LogP contribution in [-0.2, 0) is 0 Å². The Labute approximate surface area is 391 Å². The summed E-state index contributed by atoms with van der Waals surface area (Å²) in [6.07, 6.45) is 20.1. The van der Waals surface area contributed by atoms with Crippen molar-refractivity contribution in [3.8, 4) is 0 Å². The highest BCUT2D eigenvalue weighted by molar-refractivity contribution is 5.08. The second-order valence-electron chi connectivity index (χ2n) is 32.6. The summed E-state index contributed by atoms with van der Waals surface area (Å²) in [7, 11) is 0. The Morgan fingerprint density at radius 3 is 0.393 bits per heavy atom. The standard InChI is InChI=1S/C14H28.C13H26.C12H24.C11H22.C11H24/c1-12(2,3)14(13(4,5)6)10-8-7-9-11-14;1-11(2,3)13(12(4,5)6)9-7-8-10-13;1-10(2,3)12(8-7-9-12)11(4,5)6;1-9(2,3)11(7-8-11)10(4,5)6;1-9(2,3)11(7,8)10(4,5)6/h7-11H2,1-6H3;7-10H2,1-6H3;7-9H2,1-6H3;7-8H2,1-6H3;1-8H3. The fourth-order valence-electron chi connectivity index (χ4n) is 14.4. The molecule has 0 unspecified atom stereocenters. The maximum absolute atomic E-state index is 2.43. The normalized spacial score (nSPS) is 22.0. The SMILES string of the molecule is CC(C)(C)C(C)(C)C(C)(C)C.CC(C)(C)C1(C(C)(C)C)CC1.CC(C)(C)C1(C(C)(C)C)CCC1.CC(C)(C)C1(C(C)(C)C)CCCC1.CC(C)(C)C1(C(C)(C)C)CCCCC1. The Balaban J connectivity index is 0.000000740. The lowest BCUT2D eigenvalue weighted by Gasteiger charge is -2.60. The molecule has 4 aliphatic carbocycles. The topological polar surface area (TPSA) is 0 Å². The summed E-state index contributed by atoms with van der Waals surface area (Å²) >= 11 is 0. The first-order chi connectivity index (χ1) is 26.3. The van der Waals surface area contributed by atoms with Crippen LogP contribution in [0, 0.1) is 81.2 Å². The highest BCUT2D eigenvalue weighted by Crippen LogP contribution is 2.68. The molecule has 0 heteroatoms. The van der Waals surface area contributed by atoms with E-state index in [1.165, 1.54) is 89.9 Å². The van der Waals surface area contributed by atoms with Crippen LogP contribution in [0.25, 0.3) is 0 Å². The molecular weight excluding hydrogens is 733 g/mol. The average molecular weight is 858 g/mol. The van der Waals surface area contributed by atoms with Gasteiger partial charge in [-0.05, 0) is 133 Å². The fraction of sp³-hybridized carbons (Fsp3) is 1.00. The van der Waals surface area contributed by atoms with Gasteiger partial charge in [0.25, 0.3) is 0 Å². The first-order valence-corrected chi connectivity index (χ1v) is 26.3. The van der Waals surface area contributed by atoms with E-state index in [0.29, 0.717) is 81.2 Å². The predicted molar refractivity (Wildman–Crippen MR) is 283 cm³/mol. The smallest absolute Gasteiger partial charge is 0.0200 e. The Hall–Kier alpha value is 0. The van der Waals surface area contributed by atoms with Crippen LogP contribution in [0.5, 0.6) is 0 Å². The van der Waals surface area contributed by atoms with Crippen molar-refractivity contribution in [3.63, 3.8) is 0 Å². The molecule has 0 aromatic rings. The molecule has 0 aromatic carbocycles. The molecule has 4 rings (SSSR count). The zero-order chi connectivity index (χ0) is 49.4. The lowest BCUT2D eigenvalue weighted by molar-refractivity contribution is -0.100. The highest BCUT2D eigenvalue weighted by Gasteiger charge is 2.59. The summed E-state index contributed by atoms with van der Waals surface area (Å²) in [6.45, 7) is 76.4. The maximum Gasteiger partial charge on any atom is -0.0200 e. The van der Waals surface area contributed by atoms with Crippen molar-refractivity contribution in [3.05, 3.63) is 0 Å². The lowest BCUT2D eigenvalue weighted by atomic mass is 9.45. The van der Waals surface area contributed by atoms with E-state index in [0.717, 1.165) is 0 Å². The second-order valence-corrected chi connectivity index (χ2v) is 32.6. The van der Waals surface area contributed by atoms with E-state index in [2.05, 4.69) is 222 Å². The van der Waals surface area contributed by atoms with Crippen molar-refractivity contribution >= 4 is 0 Å². The molecule has 0 N–H and O–H groups in total. The van der Waals surface area contributed by atoms with Crippen LogP contribution < -0.4 is 0 Å². The van der Waals surface area contributed by atoms with Gasteiger partial charge in [-0.2, -0.15) is 0 Å². The molecule has 0 saturated heterocycles. The van der Waals surface area contributed by atoms with Crippen molar-refractivity contribution in [2.75, 3.05) is 0 Å². The van der Waals surface area contributed by atoms with Crippen LogP contribution >= 0.6 is 0 Å². The zero-order valence-corrected chi connectivity index (χ0v) is 49.4. The summed E-state index contributed by atoms with van der Waals surface area (Å²) in [5.74, 6) is 0. The van der Waals surface area contributed by atoms with Crippen LogP contribution in [0.3, 0.4) is 0 Å². The van der Waals surface area contributed by atoms with Crippen LogP contribution in [-0.4, -0.2) is 0 Å². The molecule has 0 bridgehead atoms. The van der Waals surface area contributed by atoms with Gasteiger partial charge in [0.15, 0.2) is 0 Å². The highest BCUT2D eigenvalue weighted by atomic mass is 14.6. The van der Waals surface area contributed by atoms with Crippen LogP contribution in [0.1, 0.15) is 311 Å². The first-order valence-electron chi connectivity index (χ1n) is 26.3. The Kier molecular flexibility index (Phi) is 19.3. The van der Waals surface area contributed by atoms with E-state index in [4.69, 9.17) is 0 Å². The molecule has 4 saturated carbocycles. The molecular formula is C61H124. The third-order valence-corrected chi connectivity index (χ3v) is 20.4. The average Bonchev–Trinajstić information content (AvgIpc) is 3.64. The molecule has 368 valence electrons. The molecule has 61 heavy (non-hydrogen) atoms. The number of rotatable bonds is 0. The first kappa shape index (κ1) is 61.0. The quantitative estimate of drug-likeness (QED) is 0.228. The van der Waals surface area contributed by atoms with Gasteiger partial charge < -0.3 is 0 Å². The van der Waals surface area contributed by atoms with Gasteiger partial charge in [0.2, 0.25) is 0 Å². The molecule has 0 heterocycles. The second kappa shape index (κ2) is 19.3. The third kappa shape index (κ3) is 13.6. The van der Waals surface area contributed by atoms with Gasteiger partial charge in [-0.3, -0.25) is 0 Å². The van der Waals surface area contributed by atoms with Gasteiger partial charge >= 0.3 is 0 Å². The van der Waals surface area contributed by atoms with E-state index in [1.807, 2.05) is 0 Å². The van der Waals surface area contributed by atoms with E-state index in [1.54, 1.807) is 0 Å². The van der Waals surface area contributed by atoms with Crippen molar-refractivity contribution < 1.29 is 0 Å². The molecule has 0 aromatic heterocycles. The van der Waals surface area contributed by atoms with Crippen molar-refractivity contribution in [2.45, 2.75) is 311 Å². The lowest BCUT2D eigenvalue weighted by Crippen LogP contribution is -2.51.